The number of nitrogens with one attached hydrogen (secondary N) is 1. The van der Waals surface area contributed by atoms with Crippen molar-refractivity contribution in [1.82, 2.24) is 5.32 Å². The molecule has 0 aliphatic carbocycles. The van der Waals surface area contributed by atoms with Crippen LogP contribution in [0, 0.1) is 11.6 Å². The first kappa shape index (κ1) is 12.3. The first-order valence-corrected chi connectivity index (χ1v) is 6.04. The fraction of sp³-hybridized carbons (Fsp3) is 0.364. The summed E-state index contributed by atoms with van der Waals surface area (Å²) in [5, 5.41) is 2.14. The monoisotopic (exact) mass is 259 g/mol. The molecule has 1 aromatic rings. The summed E-state index contributed by atoms with van der Waals surface area (Å²) in [6, 6.07) is 2.74. The smallest absolute Gasteiger partial charge is 0.236 e. The van der Waals surface area contributed by atoms with Gasteiger partial charge in [0.05, 0.1) is 12.0 Å². The third-order valence-corrected chi connectivity index (χ3v) is 3.73. The summed E-state index contributed by atoms with van der Waals surface area (Å²) in [6.45, 7) is 0. The molecule has 0 aromatic heterocycles. The van der Waals surface area contributed by atoms with Gasteiger partial charge in [-0.2, -0.15) is 0 Å². The molecule has 3 nitrogen and oxygen atoms in total. The van der Waals surface area contributed by atoms with E-state index in [1.807, 2.05) is 0 Å². The Labute approximate surface area is 102 Å². The molecule has 2 rings (SSSR count). The molecule has 0 spiro atoms. The van der Waals surface area contributed by atoms with E-state index in [-0.39, 0.29) is 11.5 Å². The van der Waals surface area contributed by atoms with Crippen LogP contribution in [0.25, 0.3) is 0 Å². The van der Waals surface area contributed by atoms with Gasteiger partial charge in [0.2, 0.25) is 5.91 Å². The molecule has 17 heavy (non-hydrogen) atoms. The van der Waals surface area contributed by atoms with E-state index in [1.54, 1.807) is 0 Å². The van der Waals surface area contributed by atoms with Crippen molar-refractivity contribution in [3.63, 3.8) is 0 Å². The number of rotatable bonds is 4. The zero-order valence-corrected chi connectivity index (χ0v) is 9.89. The number of amides is 1. The molecule has 0 radical (unpaired) electrons. The van der Waals surface area contributed by atoms with Gasteiger partial charge in [0.25, 0.3) is 0 Å². The second kappa shape index (κ2) is 5.01. The van der Waals surface area contributed by atoms with Gasteiger partial charge in [-0.3, -0.25) is 4.79 Å². The van der Waals surface area contributed by atoms with Crippen LogP contribution in [0.1, 0.15) is 11.6 Å². The average molecular weight is 259 g/mol. The molecular weight excluding hydrogens is 248 g/mol. The molecule has 1 heterocycles. The topological polar surface area (TPSA) is 38.3 Å². The molecule has 1 aliphatic heterocycles. The lowest BCUT2D eigenvalue weighted by molar-refractivity contribution is -0.127. The molecule has 6 heteroatoms. The van der Waals surface area contributed by atoms with Gasteiger partial charge >= 0.3 is 0 Å². The Balaban J connectivity index is 2.16. The van der Waals surface area contributed by atoms with Gasteiger partial charge in [0.1, 0.15) is 16.9 Å². The number of halogens is 2. The van der Waals surface area contributed by atoms with Gasteiger partial charge < -0.3 is 10.1 Å². The maximum absolute atomic E-state index is 13.5. The average Bonchev–Trinajstić information content (AvgIpc) is 2.30. The molecular formula is C11H11F2NO2S. The predicted octanol–water partition coefficient (Wildman–Crippen LogP) is 1.84. The maximum atomic E-state index is 13.5. The molecule has 92 valence electrons. The molecule has 1 saturated heterocycles. The van der Waals surface area contributed by atoms with Crippen molar-refractivity contribution >= 4 is 17.7 Å². The van der Waals surface area contributed by atoms with E-state index in [0.29, 0.717) is 5.94 Å². The lowest BCUT2D eigenvalue weighted by Crippen LogP contribution is -2.54. The SMILES string of the molecule is COCSC1C(=O)NC1c1cc(F)ccc1F. The number of ether oxygens (including phenoxy) is 1. The predicted molar refractivity (Wildman–Crippen MR) is 60.5 cm³/mol. The van der Waals surface area contributed by atoms with E-state index in [1.165, 1.54) is 18.9 Å². The largest absolute Gasteiger partial charge is 0.374 e. The maximum Gasteiger partial charge on any atom is 0.236 e. The van der Waals surface area contributed by atoms with Gasteiger partial charge in [0.15, 0.2) is 0 Å². The lowest BCUT2D eigenvalue weighted by atomic mass is 9.96. The van der Waals surface area contributed by atoms with Gasteiger partial charge in [-0.15, -0.1) is 11.8 Å². The number of benzene rings is 1. The number of hydrogen-bond acceptors (Lipinski definition) is 3. The minimum atomic E-state index is -0.516. The van der Waals surface area contributed by atoms with Crippen LogP contribution >= 0.6 is 11.8 Å². The van der Waals surface area contributed by atoms with E-state index in [4.69, 9.17) is 4.74 Å². The van der Waals surface area contributed by atoms with Crippen molar-refractivity contribution in [2.24, 2.45) is 0 Å². The number of carbonyl (C=O) groups is 1. The zero-order valence-electron chi connectivity index (χ0n) is 9.07. The summed E-state index contributed by atoms with van der Waals surface area (Å²) in [6.07, 6.45) is 0. The molecule has 1 aromatic carbocycles. The quantitative estimate of drug-likeness (QED) is 0.662. The first-order chi connectivity index (χ1) is 8.13. The molecule has 2 atom stereocenters. The van der Waals surface area contributed by atoms with Crippen LogP contribution < -0.4 is 5.32 Å². The Bertz CT molecular complexity index is 441. The molecule has 1 amide bonds. The standard InChI is InChI=1S/C11H11F2NO2S/c1-16-5-17-10-9(14-11(10)15)7-4-6(12)2-3-8(7)13/h2-4,9-10H,5H2,1H3,(H,14,15). The second-order valence-electron chi connectivity index (χ2n) is 3.65. The summed E-state index contributed by atoms with van der Waals surface area (Å²) in [5.74, 6) is -0.871. The minimum absolute atomic E-state index is 0.179. The van der Waals surface area contributed by atoms with E-state index in [0.717, 1.165) is 18.2 Å². The molecule has 2 unspecified atom stereocenters. The molecule has 0 bridgehead atoms. The molecule has 1 N–H and O–H groups in total. The highest BCUT2D eigenvalue weighted by molar-refractivity contribution is 8.00. The summed E-state index contributed by atoms with van der Waals surface area (Å²) in [4.78, 5) is 11.3. The van der Waals surface area contributed by atoms with Crippen LogP contribution in [-0.2, 0) is 9.53 Å². The van der Waals surface area contributed by atoms with Crippen molar-refractivity contribution in [2.75, 3.05) is 13.0 Å². The van der Waals surface area contributed by atoms with Crippen LogP contribution in [-0.4, -0.2) is 24.2 Å². The fourth-order valence-corrected chi connectivity index (χ4v) is 2.58. The Kier molecular flexibility index (Phi) is 3.63. The third-order valence-electron chi connectivity index (χ3n) is 2.52. The Morgan fingerprint density at radius 1 is 1.47 bits per heavy atom. The van der Waals surface area contributed by atoms with Crippen LogP contribution in [0.3, 0.4) is 0 Å². The molecule has 0 saturated carbocycles. The van der Waals surface area contributed by atoms with Crippen LogP contribution in [0.2, 0.25) is 0 Å². The van der Waals surface area contributed by atoms with Gasteiger partial charge in [-0.1, -0.05) is 0 Å². The molecule has 1 aliphatic rings. The Morgan fingerprint density at radius 2 is 2.24 bits per heavy atom. The summed E-state index contributed by atoms with van der Waals surface area (Å²) in [7, 11) is 1.52. The number of β-lactam (4-membered cyclic amide) rings is 1. The second-order valence-corrected chi connectivity index (χ2v) is 4.72. The van der Waals surface area contributed by atoms with E-state index in [2.05, 4.69) is 5.32 Å². The van der Waals surface area contributed by atoms with Crippen LogP contribution in [0.4, 0.5) is 8.78 Å². The van der Waals surface area contributed by atoms with Crippen molar-refractivity contribution in [3.8, 4) is 0 Å². The highest BCUT2D eigenvalue weighted by Crippen LogP contribution is 2.35. The number of thioether (sulfide) groups is 1. The van der Waals surface area contributed by atoms with E-state index in [9.17, 15) is 13.6 Å². The zero-order chi connectivity index (χ0) is 12.4. The highest BCUT2D eigenvalue weighted by atomic mass is 32.2. The number of hydrogen-bond donors (Lipinski definition) is 1. The van der Waals surface area contributed by atoms with E-state index >= 15 is 0 Å². The minimum Gasteiger partial charge on any atom is -0.374 e. The normalized spacial score (nSPS) is 23.1. The summed E-state index contributed by atoms with van der Waals surface area (Å²) in [5.41, 5.74) is 0.179. The van der Waals surface area contributed by atoms with Crippen molar-refractivity contribution < 1.29 is 18.3 Å². The number of carbonyl (C=O) groups excluding carboxylic acids is 1. The van der Waals surface area contributed by atoms with Crippen molar-refractivity contribution in [2.45, 2.75) is 11.3 Å². The van der Waals surface area contributed by atoms with Gasteiger partial charge in [-0.05, 0) is 18.2 Å². The van der Waals surface area contributed by atoms with Crippen molar-refractivity contribution in [1.29, 1.82) is 0 Å². The third kappa shape index (κ3) is 2.42. The molecule has 1 fully saturated rings. The van der Waals surface area contributed by atoms with Crippen molar-refractivity contribution in [3.05, 3.63) is 35.4 Å². The Morgan fingerprint density at radius 3 is 2.88 bits per heavy atom. The highest BCUT2D eigenvalue weighted by Gasteiger charge is 2.41. The summed E-state index contributed by atoms with van der Waals surface area (Å²) < 4.78 is 31.4. The first-order valence-electron chi connectivity index (χ1n) is 4.99. The van der Waals surface area contributed by atoms with E-state index < -0.39 is 22.9 Å². The Hall–Kier alpha value is -1.14. The van der Waals surface area contributed by atoms with Crippen LogP contribution in [0.15, 0.2) is 18.2 Å². The van der Waals surface area contributed by atoms with Gasteiger partial charge in [-0.25, -0.2) is 8.78 Å². The fourth-order valence-electron chi connectivity index (χ4n) is 1.67. The van der Waals surface area contributed by atoms with Gasteiger partial charge in [0, 0.05) is 12.7 Å². The van der Waals surface area contributed by atoms with Crippen LogP contribution in [0.5, 0.6) is 0 Å². The number of methoxy groups -OCH3 is 1. The summed E-state index contributed by atoms with van der Waals surface area (Å²) >= 11 is 1.27. The lowest BCUT2D eigenvalue weighted by Gasteiger charge is -2.36.